The molecule has 7 nitrogen and oxygen atoms in total. The summed E-state index contributed by atoms with van der Waals surface area (Å²) in [5.74, 6) is -0.496. The average Bonchev–Trinajstić information content (AvgIpc) is 2.92. The minimum Gasteiger partial charge on any atom is -0.465 e. The van der Waals surface area contributed by atoms with E-state index in [0.717, 1.165) is 12.8 Å². The van der Waals surface area contributed by atoms with Crippen LogP contribution in [0.15, 0.2) is 0 Å². The van der Waals surface area contributed by atoms with Crippen LogP contribution < -0.4 is 4.72 Å². The molecule has 0 aromatic heterocycles. The van der Waals surface area contributed by atoms with E-state index in [9.17, 15) is 18.3 Å². The summed E-state index contributed by atoms with van der Waals surface area (Å²) < 4.78 is 33.6. The average molecular weight is 320 g/mol. The Labute approximate surface area is 125 Å². The highest BCUT2D eigenvalue weighted by Gasteiger charge is 2.41. The number of hydrogen-bond acceptors (Lipinski definition) is 5. The van der Waals surface area contributed by atoms with Crippen molar-refractivity contribution in [1.29, 1.82) is 0 Å². The monoisotopic (exact) mass is 320 g/mol. The molecule has 0 radical (unpaired) electrons. The second kappa shape index (κ2) is 7.04. The van der Waals surface area contributed by atoms with Crippen LogP contribution >= 0.6 is 0 Å². The lowest BCUT2D eigenvalue weighted by atomic mass is 9.93. The smallest absolute Gasteiger partial charge is 0.324 e. The molecule has 0 aromatic rings. The maximum Gasteiger partial charge on any atom is 0.324 e. The summed E-state index contributed by atoms with van der Waals surface area (Å²) in [6.45, 7) is 2.24. The van der Waals surface area contributed by atoms with E-state index in [0.29, 0.717) is 32.2 Å². The van der Waals surface area contributed by atoms with Crippen LogP contribution in [0.1, 0.15) is 45.4 Å². The zero-order valence-corrected chi connectivity index (χ0v) is 13.1. The molecule has 2 N–H and O–H groups in total. The van der Waals surface area contributed by atoms with Crippen molar-refractivity contribution < 1.29 is 23.1 Å². The topological polar surface area (TPSA) is 95.9 Å². The normalized spacial score (nSPS) is 31.2. The summed E-state index contributed by atoms with van der Waals surface area (Å²) in [5, 5.41) is 9.90. The Morgan fingerprint density at radius 3 is 2.67 bits per heavy atom. The Hall–Kier alpha value is -0.700. The highest BCUT2D eigenvalue weighted by atomic mass is 32.2. The Morgan fingerprint density at radius 2 is 2.00 bits per heavy atom. The van der Waals surface area contributed by atoms with Gasteiger partial charge in [-0.15, -0.1) is 0 Å². The third kappa shape index (κ3) is 3.94. The highest BCUT2D eigenvalue weighted by molar-refractivity contribution is 7.87. The van der Waals surface area contributed by atoms with Gasteiger partial charge in [0.15, 0.2) is 0 Å². The summed E-state index contributed by atoms with van der Waals surface area (Å²) in [5.41, 5.74) is 0. The zero-order valence-electron chi connectivity index (χ0n) is 12.3. The molecule has 1 saturated carbocycles. The standard InChI is InChI=1S/C13H24N2O5S/c1-2-20-13(17)11-7-5-9-15(11)21(18,19)14-10-6-3-4-8-12(10)16/h10-12,14,16H,2-9H2,1H3/t10-,11?,12-/m1/s1. The molecule has 0 aromatic carbocycles. The summed E-state index contributed by atoms with van der Waals surface area (Å²) in [6.07, 6.45) is 3.49. The molecule has 0 spiro atoms. The van der Waals surface area contributed by atoms with Gasteiger partial charge in [-0.05, 0) is 32.6 Å². The largest absolute Gasteiger partial charge is 0.465 e. The van der Waals surface area contributed by atoms with Gasteiger partial charge >= 0.3 is 5.97 Å². The molecule has 2 rings (SSSR count). The first kappa shape index (κ1) is 16.7. The summed E-state index contributed by atoms with van der Waals surface area (Å²) in [4.78, 5) is 11.9. The molecule has 8 heteroatoms. The Balaban J connectivity index is 2.05. The van der Waals surface area contributed by atoms with E-state index >= 15 is 0 Å². The van der Waals surface area contributed by atoms with Crippen LogP contribution in [-0.2, 0) is 19.7 Å². The van der Waals surface area contributed by atoms with Crippen molar-refractivity contribution >= 4 is 16.2 Å². The van der Waals surface area contributed by atoms with Crippen LogP contribution in [0, 0.1) is 0 Å². The van der Waals surface area contributed by atoms with E-state index in [1.54, 1.807) is 6.92 Å². The summed E-state index contributed by atoms with van der Waals surface area (Å²) >= 11 is 0. The third-order valence-corrected chi connectivity index (χ3v) is 5.76. The first-order valence-corrected chi connectivity index (χ1v) is 9.03. The first-order valence-electron chi connectivity index (χ1n) is 7.59. The number of rotatable bonds is 5. The van der Waals surface area contributed by atoms with Crippen molar-refractivity contribution in [2.24, 2.45) is 0 Å². The van der Waals surface area contributed by atoms with Gasteiger partial charge in [0.05, 0.1) is 12.7 Å². The fourth-order valence-corrected chi connectivity index (χ4v) is 4.70. The predicted octanol–water partition coefficient (Wildman–Crippen LogP) is 0.152. The van der Waals surface area contributed by atoms with Crippen molar-refractivity contribution in [1.82, 2.24) is 9.03 Å². The lowest BCUT2D eigenvalue weighted by Crippen LogP contribution is -2.53. The van der Waals surface area contributed by atoms with E-state index in [2.05, 4.69) is 4.72 Å². The van der Waals surface area contributed by atoms with E-state index in [4.69, 9.17) is 4.74 Å². The second-order valence-corrected chi connectivity index (χ2v) is 7.26. The fraction of sp³-hybridized carbons (Fsp3) is 0.923. The maximum atomic E-state index is 12.5. The lowest BCUT2D eigenvalue weighted by molar-refractivity contribution is -0.146. The maximum absolute atomic E-state index is 12.5. The number of aliphatic hydroxyl groups is 1. The van der Waals surface area contributed by atoms with Gasteiger partial charge in [0.1, 0.15) is 6.04 Å². The molecule has 1 aliphatic heterocycles. The number of ether oxygens (including phenoxy) is 1. The van der Waals surface area contributed by atoms with Crippen molar-refractivity contribution in [3.63, 3.8) is 0 Å². The molecule has 1 aliphatic carbocycles. The van der Waals surface area contributed by atoms with E-state index in [1.807, 2.05) is 0 Å². The second-order valence-electron chi connectivity index (χ2n) is 5.60. The molecule has 21 heavy (non-hydrogen) atoms. The molecule has 0 bridgehead atoms. The SMILES string of the molecule is CCOC(=O)C1CCCN1S(=O)(=O)N[C@@H]1CCCC[C@H]1O. The summed E-state index contributed by atoms with van der Waals surface area (Å²) in [7, 11) is -3.78. The van der Waals surface area contributed by atoms with E-state index < -0.39 is 34.4 Å². The van der Waals surface area contributed by atoms with Crippen LogP contribution in [0.25, 0.3) is 0 Å². The Bertz CT molecular complexity index is 467. The molecule has 1 unspecified atom stereocenters. The molecule has 1 saturated heterocycles. The van der Waals surface area contributed by atoms with Crippen LogP contribution in [0.4, 0.5) is 0 Å². The van der Waals surface area contributed by atoms with Gasteiger partial charge < -0.3 is 9.84 Å². The minimum absolute atomic E-state index is 0.234. The molecular weight excluding hydrogens is 296 g/mol. The fourth-order valence-electron chi connectivity index (χ4n) is 3.01. The minimum atomic E-state index is -3.78. The first-order chi connectivity index (χ1) is 9.95. The van der Waals surface area contributed by atoms with Crippen LogP contribution in [0.3, 0.4) is 0 Å². The molecule has 3 atom stereocenters. The van der Waals surface area contributed by atoms with Crippen molar-refractivity contribution in [2.75, 3.05) is 13.2 Å². The number of nitrogens with one attached hydrogen (secondary N) is 1. The van der Waals surface area contributed by atoms with Gasteiger partial charge in [0.25, 0.3) is 10.2 Å². The number of aliphatic hydroxyl groups excluding tert-OH is 1. The van der Waals surface area contributed by atoms with Crippen LogP contribution in [0.2, 0.25) is 0 Å². The highest BCUT2D eigenvalue weighted by Crippen LogP contribution is 2.24. The molecule has 2 aliphatic rings. The van der Waals surface area contributed by atoms with Crippen molar-refractivity contribution in [3.8, 4) is 0 Å². The molecule has 2 fully saturated rings. The van der Waals surface area contributed by atoms with Gasteiger partial charge in [-0.1, -0.05) is 12.8 Å². The van der Waals surface area contributed by atoms with Crippen LogP contribution in [0.5, 0.6) is 0 Å². The van der Waals surface area contributed by atoms with Gasteiger partial charge in [-0.2, -0.15) is 17.4 Å². The van der Waals surface area contributed by atoms with Gasteiger partial charge in [0.2, 0.25) is 0 Å². The third-order valence-electron chi connectivity index (χ3n) is 4.10. The molecular formula is C13H24N2O5S. The van der Waals surface area contributed by atoms with Crippen molar-refractivity contribution in [3.05, 3.63) is 0 Å². The summed E-state index contributed by atoms with van der Waals surface area (Å²) in [6, 6.07) is -1.21. The number of esters is 1. The number of carbonyl (C=O) groups excluding carboxylic acids is 1. The predicted molar refractivity (Wildman–Crippen MR) is 76.7 cm³/mol. The lowest BCUT2D eigenvalue weighted by Gasteiger charge is -2.31. The van der Waals surface area contributed by atoms with E-state index in [-0.39, 0.29) is 6.61 Å². The van der Waals surface area contributed by atoms with Gasteiger partial charge in [0, 0.05) is 12.6 Å². The number of nitrogens with zero attached hydrogens (tertiary/aromatic N) is 1. The van der Waals surface area contributed by atoms with Gasteiger partial charge in [-0.25, -0.2) is 0 Å². The van der Waals surface area contributed by atoms with E-state index in [1.165, 1.54) is 4.31 Å². The Kier molecular flexibility index (Phi) is 5.59. The molecule has 122 valence electrons. The molecule has 1 heterocycles. The number of hydrogen-bond donors (Lipinski definition) is 2. The van der Waals surface area contributed by atoms with Crippen molar-refractivity contribution in [2.45, 2.75) is 63.6 Å². The number of carbonyl (C=O) groups is 1. The van der Waals surface area contributed by atoms with Crippen LogP contribution in [-0.4, -0.2) is 55.1 Å². The molecule has 0 amide bonds. The van der Waals surface area contributed by atoms with Gasteiger partial charge in [-0.3, -0.25) is 4.79 Å². The zero-order chi connectivity index (χ0) is 15.5. The quantitative estimate of drug-likeness (QED) is 0.703. The Morgan fingerprint density at radius 1 is 1.29 bits per heavy atom.